The molecule has 0 fully saturated rings. The van der Waals surface area contributed by atoms with Crippen LogP contribution in [0.5, 0.6) is 5.75 Å². The summed E-state index contributed by atoms with van der Waals surface area (Å²) in [5.41, 5.74) is 3.25. The van der Waals surface area contributed by atoms with Gasteiger partial charge in [0.2, 0.25) is 0 Å². The minimum absolute atomic E-state index is 0.365. The lowest BCUT2D eigenvalue weighted by Crippen LogP contribution is -2.33. The van der Waals surface area contributed by atoms with Gasteiger partial charge in [-0.3, -0.25) is 4.79 Å². The van der Waals surface area contributed by atoms with Gasteiger partial charge in [-0.25, -0.2) is 5.43 Å². The van der Waals surface area contributed by atoms with Crippen LogP contribution in [0.1, 0.15) is 18.2 Å². The van der Waals surface area contributed by atoms with Gasteiger partial charge < -0.3 is 9.15 Å². The van der Waals surface area contributed by atoms with E-state index in [1.807, 2.05) is 6.92 Å². The Balaban J connectivity index is 1.90. The Morgan fingerprint density at radius 1 is 1.45 bits per heavy atom. The van der Waals surface area contributed by atoms with Crippen LogP contribution >= 0.6 is 27.5 Å². The van der Waals surface area contributed by atoms with Crippen LogP contribution in [0.25, 0.3) is 0 Å². The molecule has 0 unspecified atom stereocenters. The quantitative estimate of drug-likeness (QED) is 0.627. The van der Waals surface area contributed by atoms with Crippen LogP contribution in [0, 0.1) is 6.92 Å². The molecule has 0 aliphatic carbocycles. The van der Waals surface area contributed by atoms with Crippen molar-refractivity contribution in [2.24, 2.45) is 5.10 Å². The van der Waals surface area contributed by atoms with Crippen molar-refractivity contribution < 1.29 is 13.9 Å². The number of hydrogen-bond donors (Lipinski definition) is 1. The molecular weight excluding hydrogens is 372 g/mol. The third-order valence-electron chi connectivity index (χ3n) is 2.77. The first-order valence-electron chi connectivity index (χ1n) is 6.47. The molecule has 1 N–H and O–H groups in total. The number of amides is 1. The normalized spacial score (nSPS) is 12.4. The standard InChI is InChI=1S/C15H14BrClN2O3/c1-9-7-11(17)3-5-13(9)21-10(2)15(20)19-18-8-12-4-6-14(16)22-12/h3-8,10H,1-2H3,(H,19,20)/b18-8+/t10-/m1/s1. The van der Waals surface area contributed by atoms with Crippen molar-refractivity contribution in [3.63, 3.8) is 0 Å². The maximum Gasteiger partial charge on any atom is 0.280 e. The molecule has 116 valence electrons. The number of furan rings is 1. The van der Waals surface area contributed by atoms with Crippen LogP contribution in [0.15, 0.2) is 44.5 Å². The molecule has 1 aromatic heterocycles. The second-order valence-corrected chi connectivity index (χ2v) is 5.76. The highest BCUT2D eigenvalue weighted by Crippen LogP contribution is 2.22. The fraction of sp³-hybridized carbons (Fsp3) is 0.200. The zero-order valence-corrected chi connectivity index (χ0v) is 14.3. The van der Waals surface area contributed by atoms with Gasteiger partial charge >= 0.3 is 0 Å². The van der Waals surface area contributed by atoms with E-state index in [2.05, 4.69) is 26.5 Å². The van der Waals surface area contributed by atoms with E-state index in [0.717, 1.165) is 5.56 Å². The molecule has 0 aliphatic rings. The van der Waals surface area contributed by atoms with Gasteiger partial charge in [-0.2, -0.15) is 5.10 Å². The minimum Gasteiger partial charge on any atom is -0.481 e. The van der Waals surface area contributed by atoms with Crippen LogP contribution in [-0.2, 0) is 4.79 Å². The van der Waals surface area contributed by atoms with Gasteiger partial charge in [-0.1, -0.05) is 11.6 Å². The number of nitrogens with zero attached hydrogens (tertiary/aromatic N) is 1. The second kappa shape index (κ2) is 7.47. The fourth-order valence-electron chi connectivity index (χ4n) is 1.64. The van der Waals surface area contributed by atoms with Gasteiger partial charge in [0.15, 0.2) is 10.8 Å². The highest BCUT2D eigenvalue weighted by atomic mass is 79.9. The van der Waals surface area contributed by atoms with E-state index in [-0.39, 0.29) is 5.91 Å². The molecule has 0 spiro atoms. The van der Waals surface area contributed by atoms with E-state index in [0.29, 0.717) is 21.2 Å². The van der Waals surface area contributed by atoms with Gasteiger partial charge in [0, 0.05) is 5.02 Å². The maximum atomic E-state index is 11.9. The third-order valence-corrected chi connectivity index (χ3v) is 3.43. The fourth-order valence-corrected chi connectivity index (χ4v) is 2.18. The van der Waals surface area contributed by atoms with Gasteiger partial charge in [0.25, 0.3) is 5.91 Å². The Morgan fingerprint density at radius 3 is 2.86 bits per heavy atom. The summed E-state index contributed by atoms with van der Waals surface area (Å²) in [6, 6.07) is 8.66. The molecule has 1 atom stereocenters. The predicted octanol–water partition coefficient (Wildman–Crippen LogP) is 3.92. The van der Waals surface area contributed by atoms with E-state index in [4.69, 9.17) is 20.8 Å². The third kappa shape index (κ3) is 4.61. The van der Waals surface area contributed by atoms with Crippen molar-refractivity contribution in [1.82, 2.24) is 5.43 Å². The second-order valence-electron chi connectivity index (χ2n) is 4.55. The average molecular weight is 386 g/mol. The number of hydrogen-bond acceptors (Lipinski definition) is 4. The van der Waals surface area contributed by atoms with Crippen LogP contribution in [-0.4, -0.2) is 18.2 Å². The number of halogens is 2. The van der Waals surface area contributed by atoms with Crippen molar-refractivity contribution in [3.05, 3.63) is 51.3 Å². The minimum atomic E-state index is -0.694. The summed E-state index contributed by atoms with van der Waals surface area (Å²) in [5, 5.41) is 4.44. The maximum absolute atomic E-state index is 11.9. The Labute approximate surface area is 141 Å². The smallest absolute Gasteiger partial charge is 0.280 e. The van der Waals surface area contributed by atoms with Crippen LogP contribution < -0.4 is 10.2 Å². The SMILES string of the molecule is Cc1cc(Cl)ccc1O[C@H](C)C(=O)N/N=C/c1ccc(Br)o1. The summed E-state index contributed by atoms with van der Waals surface area (Å²) in [6.07, 6.45) is 0.712. The van der Waals surface area contributed by atoms with E-state index in [1.54, 1.807) is 37.3 Å². The molecule has 0 aliphatic heterocycles. The largest absolute Gasteiger partial charge is 0.481 e. The van der Waals surface area contributed by atoms with Crippen LogP contribution in [0.2, 0.25) is 5.02 Å². The van der Waals surface area contributed by atoms with Crippen molar-refractivity contribution in [2.75, 3.05) is 0 Å². The van der Waals surface area contributed by atoms with Crippen LogP contribution in [0.3, 0.4) is 0 Å². The number of rotatable bonds is 5. The molecule has 7 heteroatoms. The summed E-state index contributed by atoms with van der Waals surface area (Å²) in [6.45, 7) is 3.50. The molecule has 0 saturated carbocycles. The first kappa shape index (κ1) is 16.6. The number of carbonyl (C=O) groups excluding carboxylic acids is 1. The van der Waals surface area contributed by atoms with Gasteiger partial charge in [0.05, 0.1) is 6.21 Å². The molecule has 1 heterocycles. The number of hydrazone groups is 1. The average Bonchev–Trinajstić information content (AvgIpc) is 2.87. The highest BCUT2D eigenvalue weighted by molar-refractivity contribution is 9.10. The first-order chi connectivity index (χ1) is 10.5. The Morgan fingerprint density at radius 2 is 2.23 bits per heavy atom. The van der Waals surface area contributed by atoms with E-state index in [1.165, 1.54) is 6.21 Å². The zero-order chi connectivity index (χ0) is 16.1. The Hall–Kier alpha value is -1.79. The monoisotopic (exact) mass is 384 g/mol. The number of nitrogens with one attached hydrogen (secondary N) is 1. The summed E-state index contributed by atoms with van der Waals surface area (Å²) in [7, 11) is 0. The van der Waals surface area contributed by atoms with Crippen molar-refractivity contribution in [1.29, 1.82) is 0 Å². The van der Waals surface area contributed by atoms with Gasteiger partial charge in [-0.15, -0.1) is 0 Å². The van der Waals surface area contributed by atoms with Crippen molar-refractivity contribution in [3.8, 4) is 5.75 Å². The van der Waals surface area contributed by atoms with Crippen LogP contribution in [0.4, 0.5) is 0 Å². The molecule has 1 amide bonds. The lowest BCUT2D eigenvalue weighted by Gasteiger charge is -2.14. The lowest BCUT2D eigenvalue weighted by molar-refractivity contribution is -0.127. The van der Waals surface area contributed by atoms with E-state index < -0.39 is 6.10 Å². The number of ether oxygens (including phenoxy) is 1. The molecular formula is C15H14BrClN2O3. The highest BCUT2D eigenvalue weighted by Gasteiger charge is 2.15. The summed E-state index contributed by atoms with van der Waals surface area (Å²) >= 11 is 9.06. The molecule has 2 aromatic rings. The summed E-state index contributed by atoms with van der Waals surface area (Å²) in [5.74, 6) is 0.761. The van der Waals surface area contributed by atoms with Gasteiger partial charge in [-0.05, 0) is 65.7 Å². The van der Waals surface area contributed by atoms with E-state index >= 15 is 0 Å². The first-order valence-corrected chi connectivity index (χ1v) is 7.64. The molecule has 1 aromatic carbocycles. The lowest BCUT2D eigenvalue weighted by atomic mass is 10.2. The number of aryl methyl sites for hydroxylation is 1. The summed E-state index contributed by atoms with van der Waals surface area (Å²) in [4.78, 5) is 11.9. The van der Waals surface area contributed by atoms with Crippen molar-refractivity contribution >= 4 is 39.7 Å². The Bertz CT molecular complexity index is 700. The van der Waals surface area contributed by atoms with E-state index in [9.17, 15) is 4.79 Å². The molecule has 0 radical (unpaired) electrons. The Kier molecular flexibility index (Phi) is 5.63. The van der Waals surface area contributed by atoms with Gasteiger partial charge in [0.1, 0.15) is 11.5 Å². The number of benzene rings is 1. The molecule has 2 rings (SSSR count). The molecule has 0 saturated heterocycles. The summed E-state index contributed by atoms with van der Waals surface area (Å²) < 4.78 is 11.4. The number of carbonyl (C=O) groups is 1. The zero-order valence-electron chi connectivity index (χ0n) is 12.0. The molecule has 5 nitrogen and oxygen atoms in total. The topological polar surface area (TPSA) is 63.8 Å². The predicted molar refractivity (Wildman–Crippen MR) is 88.4 cm³/mol. The molecule has 22 heavy (non-hydrogen) atoms. The van der Waals surface area contributed by atoms with Crippen molar-refractivity contribution in [2.45, 2.75) is 20.0 Å². The molecule has 0 bridgehead atoms.